The molecular formula is C20H24N2O2. The molecule has 24 heavy (non-hydrogen) atoms. The number of rotatable bonds is 5. The number of amides is 1. The number of benzene rings is 2. The summed E-state index contributed by atoms with van der Waals surface area (Å²) in [4.78, 5) is 15.0. The highest BCUT2D eigenvalue weighted by molar-refractivity contribution is 5.94. The van der Waals surface area contributed by atoms with Crippen LogP contribution < -0.4 is 5.32 Å². The molecule has 1 aliphatic rings. The quantitative estimate of drug-likeness (QED) is 0.919. The van der Waals surface area contributed by atoms with Crippen molar-refractivity contribution in [2.75, 3.05) is 32.8 Å². The fraction of sp³-hybridized carbons (Fsp3) is 0.350. The van der Waals surface area contributed by atoms with Crippen molar-refractivity contribution in [2.24, 2.45) is 0 Å². The van der Waals surface area contributed by atoms with Gasteiger partial charge in [0.1, 0.15) is 0 Å². The van der Waals surface area contributed by atoms with Gasteiger partial charge < -0.3 is 10.1 Å². The molecule has 1 heterocycles. The van der Waals surface area contributed by atoms with E-state index in [4.69, 9.17) is 4.74 Å². The van der Waals surface area contributed by atoms with Crippen LogP contribution in [0.5, 0.6) is 0 Å². The van der Waals surface area contributed by atoms with Crippen molar-refractivity contribution in [1.29, 1.82) is 0 Å². The smallest absolute Gasteiger partial charge is 0.251 e. The fourth-order valence-electron chi connectivity index (χ4n) is 2.91. The molecule has 1 amide bonds. The van der Waals surface area contributed by atoms with E-state index < -0.39 is 0 Å². The van der Waals surface area contributed by atoms with Gasteiger partial charge in [0, 0.05) is 25.2 Å². The lowest BCUT2D eigenvalue weighted by Gasteiger charge is -2.31. The van der Waals surface area contributed by atoms with E-state index in [1.54, 1.807) is 0 Å². The largest absolute Gasteiger partial charge is 0.379 e. The molecule has 2 aromatic rings. The lowest BCUT2D eigenvalue weighted by Crippen LogP contribution is -2.43. The zero-order valence-electron chi connectivity index (χ0n) is 14.1. The minimum absolute atomic E-state index is 0.0295. The van der Waals surface area contributed by atoms with Crippen LogP contribution in [0.2, 0.25) is 0 Å². The second-order valence-corrected chi connectivity index (χ2v) is 6.22. The summed E-state index contributed by atoms with van der Waals surface area (Å²) in [6.45, 7) is 6.15. The predicted molar refractivity (Wildman–Crippen MR) is 95.1 cm³/mol. The normalized spacial score (nSPS) is 16.5. The maximum Gasteiger partial charge on any atom is 0.251 e. The van der Waals surface area contributed by atoms with Crippen molar-refractivity contribution in [1.82, 2.24) is 10.2 Å². The lowest BCUT2D eigenvalue weighted by atomic mass is 10.0. The first kappa shape index (κ1) is 16.7. The van der Waals surface area contributed by atoms with Crippen LogP contribution in [0.3, 0.4) is 0 Å². The van der Waals surface area contributed by atoms with Gasteiger partial charge in [-0.2, -0.15) is 0 Å². The van der Waals surface area contributed by atoms with Crippen LogP contribution in [0.25, 0.3) is 0 Å². The van der Waals surface area contributed by atoms with Gasteiger partial charge in [-0.1, -0.05) is 48.0 Å². The molecule has 0 aromatic heterocycles. The standard InChI is InChI=1S/C20H24N2O2/c1-16-7-9-18(10-8-16)20(23)21-19(17-5-3-2-4-6-17)15-22-11-13-24-14-12-22/h2-10,19H,11-15H2,1H3,(H,21,23)/t19-/m0/s1. The first-order valence-electron chi connectivity index (χ1n) is 8.45. The molecule has 4 nitrogen and oxygen atoms in total. The molecule has 0 spiro atoms. The number of carbonyl (C=O) groups excluding carboxylic acids is 1. The first-order chi connectivity index (χ1) is 11.7. The Balaban J connectivity index is 1.73. The highest BCUT2D eigenvalue weighted by Crippen LogP contribution is 2.16. The molecule has 1 saturated heterocycles. The Morgan fingerprint density at radius 2 is 1.75 bits per heavy atom. The van der Waals surface area contributed by atoms with E-state index in [9.17, 15) is 4.79 Å². The number of hydrogen-bond donors (Lipinski definition) is 1. The number of carbonyl (C=O) groups is 1. The molecule has 0 saturated carbocycles. The Morgan fingerprint density at radius 3 is 2.42 bits per heavy atom. The van der Waals surface area contributed by atoms with Gasteiger partial charge in [0.05, 0.1) is 19.3 Å². The van der Waals surface area contributed by atoms with Crippen LogP contribution in [0.15, 0.2) is 54.6 Å². The second kappa shape index (κ2) is 8.08. The van der Waals surface area contributed by atoms with Crippen molar-refractivity contribution in [3.05, 3.63) is 71.3 Å². The molecule has 0 radical (unpaired) electrons. The number of morpholine rings is 1. The average Bonchev–Trinajstić information content (AvgIpc) is 2.63. The minimum atomic E-state index is -0.0305. The van der Waals surface area contributed by atoms with E-state index in [1.807, 2.05) is 49.4 Å². The average molecular weight is 324 g/mol. The van der Waals surface area contributed by atoms with E-state index in [1.165, 1.54) is 0 Å². The number of hydrogen-bond acceptors (Lipinski definition) is 3. The Labute approximate surface area is 143 Å². The van der Waals surface area contributed by atoms with Gasteiger partial charge in [-0.05, 0) is 24.6 Å². The molecule has 126 valence electrons. The van der Waals surface area contributed by atoms with Crippen molar-refractivity contribution >= 4 is 5.91 Å². The first-order valence-corrected chi connectivity index (χ1v) is 8.45. The van der Waals surface area contributed by atoms with Crippen molar-refractivity contribution in [2.45, 2.75) is 13.0 Å². The highest BCUT2D eigenvalue weighted by atomic mass is 16.5. The minimum Gasteiger partial charge on any atom is -0.379 e. The Bertz CT molecular complexity index is 649. The molecule has 0 unspecified atom stereocenters. The molecule has 0 aliphatic carbocycles. The molecule has 1 aliphatic heterocycles. The summed E-state index contributed by atoms with van der Waals surface area (Å²) < 4.78 is 5.42. The Kier molecular flexibility index (Phi) is 5.62. The number of nitrogens with one attached hydrogen (secondary N) is 1. The van der Waals surface area contributed by atoms with Crippen LogP contribution in [0.1, 0.15) is 27.5 Å². The van der Waals surface area contributed by atoms with Crippen LogP contribution in [-0.4, -0.2) is 43.7 Å². The second-order valence-electron chi connectivity index (χ2n) is 6.22. The third-order valence-electron chi connectivity index (χ3n) is 4.37. The molecule has 4 heteroatoms. The van der Waals surface area contributed by atoms with E-state index in [0.29, 0.717) is 5.56 Å². The molecule has 1 atom stereocenters. The summed E-state index contributed by atoms with van der Waals surface area (Å²) in [5, 5.41) is 3.19. The summed E-state index contributed by atoms with van der Waals surface area (Å²) in [5.41, 5.74) is 2.98. The topological polar surface area (TPSA) is 41.6 Å². The van der Waals surface area contributed by atoms with E-state index in [0.717, 1.165) is 44.0 Å². The SMILES string of the molecule is Cc1ccc(C(=O)N[C@@H](CN2CCOCC2)c2ccccc2)cc1. The summed E-state index contributed by atoms with van der Waals surface area (Å²) in [6.07, 6.45) is 0. The third kappa shape index (κ3) is 4.43. The molecule has 3 rings (SSSR count). The van der Waals surface area contributed by atoms with Gasteiger partial charge >= 0.3 is 0 Å². The van der Waals surface area contributed by atoms with E-state index in [2.05, 4.69) is 22.3 Å². The molecule has 1 N–H and O–H groups in total. The van der Waals surface area contributed by atoms with E-state index >= 15 is 0 Å². The molecule has 0 bridgehead atoms. The Morgan fingerprint density at radius 1 is 1.08 bits per heavy atom. The van der Waals surface area contributed by atoms with Crippen LogP contribution in [0, 0.1) is 6.92 Å². The summed E-state index contributed by atoms with van der Waals surface area (Å²) in [6, 6.07) is 17.8. The van der Waals surface area contributed by atoms with Crippen molar-refractivity contribution in [3.63, 3.8) is 0 Å². The van der Waals surface area contributed by atoms with Gasteiger partial charge in [-0.15, -0.1) is 0 Å². The van der Waals surface area contributed by atoms with Crippen molar-refractivity contribution in [3.8, 4) is 0 Å². The summed E-state index contributed by atoms with van der Waals surface area (Å²) >= 11 is 0. The van der Waals surface area contributed by atoms with Crippen LogP contribution in [-0.2, 0) is 4.74 Å². The van der Waals surface area contributed by atoms with Gasteiger partial charge in [0.2, 0.25) is 0 Å². The molecular weight excluding hydrogens is 300 g/mol. The van der Waals surface area contributed by atoms with Gasteiger partial charge in [-0.3, -0.25) is 9.69 Å². The summed E-state index contributed by atoms with van der Waals surface area (Å²) in [7, 11) is 0. The summed E-state index contributed by atoms with van der Waals surface area (Å²) in [5.74, 6) is -0.0305. The Hall–Kier alpha value is -2.17. The maximum absolute atomic E-state index is 12.6. The zero-order chi connectivity index (χ0) is 16.8. The molecule has 1 fully saturated rings. The highest BCUT2D eigenvalue weighted by Gasteiger charge is 2.20. The molecule has 2 aromatic carbocycles. The third-order valence-corrected chi connectivity index (χ3v) is 4.37. The van der Waals surface area contributed by atoms with E-state index in [-0.39, 0.29) is 11.9 Å². The zero-order valence-corrected chi connectivity index (χ0v) is 14.1. The van der Waals surface area contributed by atoms with Crippen molar-refractivity contribution < 1.29 is 9.53 Å². The number of ether oxygens (including phenoxy) is 1. The number of nitrogens with zero attached hydrogens (tertiary/aromatic N) is 1. The van der Waals surface area contributed by atoms with Gasteiger partial charge in [0.15, 0.2) is 0 Å². The fourth-order valence-corrected chi connectivity index (χ4v) is 2.91. The van der Waals surface area contributed by atoms with Gasteiger partial charge in [-0.25, -0.2) is 0 Å². The monoisotopic (exact) mass is 324 g/mol. The van der Waals surface area contributed by atoms with Gasteiger partial charge in [0.25, 0.3) is 5.91 Å². The van der Waals surface area contributed by atoms with Crippen LogP contribution >= 0.6 is 0 Å². The number of aryl methyl sites for hydroxylation is 1. The van der Waals surface area contributed by atoms with Crippen LogP contribution in [0.4, 0.5) is 0 Å². The lowest BCUT2D eigenvalue weighted by molar-refractivity contribution is 0.0332. The predicted octanol–water partition coefficient (Wildman–Crippen LogP) is 2.80. The maximum atomic E-state index is 12.6.